The first-order chi connectivity index (χ1) is 6.34. The summed E-state index contributed by atoms with van der Waals surface area (Å²) in [5.74, 6) is 0. The molecule has 4 heteroatoms. The van der Waals surface area contributed by atoms with Crippen LogP contribution in [0.4, 0.5) is 0 Å². The van der Waals surface area contributed by atoms with Crippen LogP contribution >= 0.6 is 0 Å². The zero-order valence-electron chi connectivity index (χ0n) is 7.86. The molecule has 1 rings (SSSR count). The van der Waals surface area contributed by atoms with Crippen molar-refractivity contribution in [2.45, 2.75) is 19.9 Å². The molecule has 0 aliphatic carbocycles. The Morgan fingerprint density at radius 1 is 1.62 bits per heavy atom. The van der Waals surface area contributed by atoms with E-state index in [0.29, 0.717) is 0 Å². The first kappa shape index (κ1) is 9.92. The predicted molar refractivity (Wildman–Crippen MR) is 51.7 cm³/mol. The Morgan fingerprint density at radius 3 is 3.15 bits per heavy atom. The SMILES string of the molecule is CCNCCCn1cnccc1=O. The largest absolute Gasteiger partial charge is 0.317 e. The quantitative estimate of drug-likeness (QED) is 0.662. The highest BCUT2D eigenvalue weighted by molar-refractivity contribution is 4.81. The van der Waals surface area contributed by atoms with Crippen molar-refractivity contribution in [2.75, 3.05) is 13.1 Å². The van der Waals surface area contributed by atoms with E-state index in [1.54, 1.807) is 10.9 Å². The number of rotatable bonds is 5. The lowest BCUT2D eigenvalue weighted by molar-refractivity contribution is 0.573. The highest BCUT2D eigenvalue weighted by Crippen LogP contribution is 1.83. The minimum absolute atomic E-state index is 0.0199. The Labute approximate surface area is 77.6 Å². The van der Waals surface area contributed by atoms with Gasteiger partial charge in [-0.05, 0) is 19.5 Å². The Balaban J connectivity index is 2.37. The molecule has 0 saturated carbocycles. The summed E-state index contributed by atoms with van der Waals surface area (Å²) in [6.07, 6.45) is 4.05. The van der Waals surface area contributed by atoms with Gasteiger partial charge in [0, 0.05) is 18.8 Å². The van der Waals surface area contributed by atoms with Gasteiger partial charge in [0.15, 0.2) is 0 Å². The number of nitrogens with one attached hydrogen (secondary N) is 1. The van der Waals surface area contributed by atoms with E-state index in [-0.39, 0.29) is 5.56 Å². The van der Waals surface area contributed by atoms with Crippen LogP contribution in [-0.2, 0) is 6.54 Å². The molecular weight excluding hydrogens is 166 g/mol. The molecule has 1 N–H and O–H groups in total. The number of hydrogen-bond donors (Lipinski definition) is 1. The molecule has 0 spiro atoms. The molecule has 0 saturated heterocycles. The third-order valence-corrected chi connectivity index (χ3v) is 1.79. The summed E-state index contributed by atoms with van der Waals surface area (Å²) >= 11 is 0. The van der Waals surface area contributed by atoms with Gasteiger partial charge < -0.3 is 5.32 Å². The molecule has 1 aromatic rings. The monoisotopic (exact) mass is 181 g/mol. The normalized spacial score (nSPS) is 10.2. The van der Waals surface area contributed by atoms with Gasteiger partial charge >= 0.3 is 0 Å². The van der Waals surface area contributed by atoms with Crippen molar-refractivity contribution in [3.63, 3.8) is 0 Å². The molecule has 0 aliphatic heterocycles. The van der Waals surface area contributed by atoms with E-state index in [1.165, 1.54) is 12.3 Å². The lowest BCUT2D eigenvalue weighted by Crippen LogP contribution is -2.22. The molecule has 4 nitrogen and oxygen atoms in total. The standard InChI is InChI=1S/C9H15N3O/c1-2-10-5-3-7-12-8-11-6-4-9(12)13/h4,6,8,10H,2-3,5,7H2,1H3. The van der Waals surface area contributed by atoms with Crippen molar-refractivity contribution in [1.82, 2.24) is 14.9 Å². The molecule has 1 heterocycles. The molecule has 0 fully saturated rings. The van der Waals surface area contributed by atoms with E-state index >= 15 is 0 Å². The van der Waals surface area contributed by atoms with Gasteiger partial charge in [-0.1, -0.05) is 6.92 Å². The molecule has 0 atom stereocenters. The highest BCUT2D eigenvalue weighted by atomic mass is 16.1. The van der Waals surface area contributed by atoms with Gasteiger partial charge in [0.1, 0.15) is 0 Å². The number of hydrogen-bond acceptors (Lipinski definition) is 3. The van der Waals surface area contributed by atoms with Gasteiger partial charge in [-0.2, -0.15) is 0 Å². The van der Waals surface area contributed by atoms with Crippen LogP contribution in [0.2, 0.25) is 0 Å². The van der Waals surface area contributed by atoms with Crippen molar-refractivity contribution < 1.29 is 0 Å². The van der Waals surface area contributed by atoms with Crippen LogP contribution < -0.4 is 10.9 Å². The second-order valence-electron chi connectivity index (χ2n) is 2.82. The Hall–Kier alpha value is -1.16. The van der Waals surface area contributed by atoms with E-state index < -0.39 is 0 Å². The molecule has 72 valence electrons. The number of aromatic nitrogens is 2. The Kier molecular flexibility index (Phi) is 4.18. The molecule has 0 aliphatic rings. The van der Waals surface area contributed by atoms with Crippen LogP contribution in [0.15, 0.2) is 23.4 Å². The molecule has 13 heavy (non-hydrogen) atoms. The van der Waals surface area contributed by atoms with Crippen LogP contribution in [-0.4, -0.2) is 22.6 Å². The summed E-state index contributed by atoms with van der Waals surface area (Å²) < 4.78 is 1.62. The summed E-state index contributed by atoms with van der Waals surface area (Å²) in [4.78, 5) is 15.1. The minimum atomic E-state index is 0.0199. The first-order valence-corrected chi connectivity index (χ1v) is 4.55. The second kappa shape index (κ2) is 5.48. The third kappa shape index (κ3) is 3.38. The van der Waals surface area contributed by atoms with Gasteiger partial charge in [-0.3, -0.25) is 9.36 Å². The molecule has 0 bridgehead atoms. The van der Waals surface area contributed by atoms with Crippen LogP contribution in [0.25, 0.3) is 0 Å². The summed E-state index contributed by atoms with van der Waals surface area (Å²) in [6.45, 7) is 4.72. The predicted octanol–water partition coefficient (Wildman–Crippen LogP) is 0.243. The van der Waals surface area contributed by atoms with Crippen molar-refractivity contribution in [3.05, 3.63) is 28.9 Å². The second-order valence-corrected chi connectivity index (χ2v) is 2.82. The van der Waals surface area contributed by atoms with E-state index in [0.717, 1.165) is 26.1 Å². The maximum absolute atomic E-state index is 11.2. The van der Waals surface area contributed by atoms with Crippen LogP contribution in [0.5, 0.6) is 0 Å². The molecule has 0 aromatic carbocycles. The average molecular weight is 181 g/mol. The van der Waals surface area contributed by atoms with Gasteiger partial charge in [0.05, 0.1) is 6.33 Å². The van der Waals surface area contributed by atoms with E-state index in [2.05, 4.69) is 17.2 Å². The topological polar surface area (TPSA) is 46.9 Å². The van der Waals surface area contributed by atoms with Gasteiger partial charge in [-0.15, -0.1) is 0 Å². The molecule has 0 radical (unpaired) electrons. The van der Waals surface area contributed by atoms with Gasteiger partial charge in [0.25, 0.3) is 5.56 Å². The van der Waals surface area contributed by atoms with Crippen molar-refractivity contribution >= 4 is 0 Å². The smallest absolute Gasteiger partial charge is 0.253 e. The number of aryl methyl sites for hydroxylation is 1. The molecular formula is C9H15N3O. The highest BCUT2D eigenvalue weighted by Gasteiger charge is 1.92. The molecule has 1 aromatic heterocycles. The summed E-state index contributed by atoms with van der Waals surface area (Å²) in [7, 11) is 0. The van der Waals surface area contributed by atoms with Gasteiger partial charge in [-0.25, -0.2) is 4.98 Å². The molecule has 0 unspecified atom stereocenters. The van der Waals surface area contributed by atoms with E-state index in [9.17, 15) is 4.79 Å². The average Bonchev–Trinajstić information content (AvgIpc) is 2.15. The molecule has 0 amide bonds. The Morgan fingerprint density at radius 2 is 2.46 bits per heavy atom. The summed E-state index contributed by atoms with van der Waals surface area (Å²) in [5, 5.41) is 3.20. The first-order valence-electron chi connectivity index (χ1n) is 4.55. The fourth-order valence-corrected chi connectivity index (χ4v) is 1.10. The fraction of sp³-hybridized carbons (Fsp3) is 0.556. The lowest BCUT2D eigenvalue weighted by atomic mass is 10.4. The third-order valence-electron chi connectivity index (χ3n) is 1.79. The summed E-state index contributed by atoms with van der Waals surface area (Å²) in [5.41, 5.74) is 0.0199. The fourth-order valence-electron chi connectivity index (χ4n) is 1.10. The van der Waals surface area contributed by atoms with Crippen LogP contribution in [0.3, 0.4) is 0 Å². The zero-order chi connectivity index (χ0) is 9.52. The van der Waals surface area contributed by atoms with Crippen molar-refractivity contribution in [1.29, 1.82) is 0 Å². The Bertz CT molecular complexity index is 295. The van der Waals surface area contributed by atoms with Crippen LogP contribution in [0, 0.1) is 0 Å². The van der Waals surface area contributed by atoms with Crippen LogP contribution in [0.1, 0.15) is 13.3 Å². The van der Waals surface area contributed by atoms with Gasteiger partial charge in [0.2, 0.25) is 0 Å². The van der Waals surface area contributed by atoms with Crippen molar-refractivity contribution in [2.24, 2.45) is 0 Å². The lowest BCUT2D eigenvalue weighted by Gasteiger charge is -2.03. The van der Waals surface area contributed by atoms with Crippen molar-refractivity contribution in [3.8, 4) is 0 Å². The maximum atomic E-state index is 11.2. The zero-order valence-corrected chi connectivity index (χ0v) is 7.86. The van der Waals surface area contributed by atoms with E-state index in [1.807, 2.05) is 0 Å². The van der Waals surface area contributed by atoms with E-state index in [4.69, 9.17) is 0 Å². The summed E-state index contributed by atoms with van der Waals surface area (Å²) in [6, 6.07) is 1.48. The maximum Gasteiger partial charge on any atom is 0.253 e. The minimum Gasteiger partial charge on any atom is -0.317 e. The number of nitrogens with zero attached hydrogens (tertiary/aromatic N) is 2.